The summed E-state index contributed by atoms with van der Waals surface area (Å²) in [5.74, 6) is -0.0972. The highest BCUT2D eigenvalue weighted by Gasteiger charge is 2.14. The number of allylic oxidation sites excluding steroid dienone is 1. The van der Waals surface area contributed by atoms with Crippen LogP contribution >= 0.6 is 11.3 Å². The van der Waals surface area contributed by atoms with Crippen molar-refractivity contribution in [3.05, 3.63) is 34.8 Å². The van der Waals surface area contributed by atoms with Crippen LogP contribution in [0.1, 0.15) is 23.0 Å². The van der Waals surface area contributed by atoms with Crippen LogP contribution in [0.2, 0.25) is 0 Å². The summed E-state index contributed by atoms with van der Waals surface area (Å²) in [6.45, 7) is 2.58. The molecular formula is C11H13N5OS. The Labute approximate surface area is 108 Å². The number of thiophene rings is 1. The number of carbonyl (C=O) groups is 1. The van der Waals surface area contributed by atoms with E-state index in [1.807, 2.05) is 30.5 Å². The summed E-state index contributed by atoms with van der Waals surface area (Å²) in [6, 6.07) is 1.82. The zero-order chi connectivity index (χ0) is 12.8. The molecule has 2 aromatic rings. The third-order valence-electron chi connectivity index (χ3n) is 2.28. The van der Waals surface area contributed by atoms with Gasteiger partial charge >= 0.3 is 0 Å². The number of aromatic nitrogens is 4. The molecular weight excluding hydrogens is 250 g/mol. The lowest BCUT2D eigenvalue weighted by Crippen LogP contribution is -2.24. The van der Waals surface area contributed by atoms with Crippen molar-refractivity contribution in [2.75, 3.05) is 6.54 Å². The highest BCUT2D eigenvalue weighted by Crippen LogP contribution is 2.19. The first-order chi connectivity index (χ1) is 8.83. The summed E-state index contributed by atoms with van der Waals surface area (Å²) >= 11 is 1.37. The van der Waals surface area contributed by atoms with Crippen LogP contribution in [0.25, 0.3) is 5.69 Å². The average molecular weight is 263 g/mol. The highest BCUT2D eigenvalue weighted by atomic mass is 32.1. The van der Waals surface area contributed by atoms with Crippen molar-refractivity contribution in [2.45, 2.75) is 13.3 Å². The number of tetrazole rings is 1. The highest BCUT2D eigenvalue weighted by molar-refractivity contribution is 7.12. The molecule has 1 amide bonds. The minimum atomic E-state index is -0.0972. The van der Waals surface area contributed by atoms with Gasteiger partial charge in [0.25, 0.3) is 5.91 Å². The van der Waals surface area contributed by atoms with Gasteiger partial charge in [0.2, 0.25) is 0 Å². The summed E-state index contributed by atoms with van der Waals surface area (Å²) in [5.41, 5.74) is 0.702. The fourth-order valence-electron chi connectivity index (χ4n) is 1.44. The minimum absolute atomic E-state index is 0.0972. The first kappa shape index (κ1) is 12.4. The molecule has 0 atom stereocenters. The molecule has 0 fully saturated rings. The van der Waals surface area contributed by atoms with E-state index in [4.69, 9.17) is 0 Å². The maximum Gasteiger partial charge on any atom is 0.263 e. The molecule has 18 heavy (non-hydrogen) atoms. The summed E-state index contributed by atoms with van der Waals surface area (Å²) in [7, 11) is 0. The lowest BCUT2D eigenvalue weighted by molar-refractivity contribution is 0.0958. The van der Waals surface area contributed by atoms with Crippen LogP contribution in [0.15, 0.2) is 29.9 Å². The lowest BCUT2D eigenvalue weighted by Gasteiger charge is -2.03. The minimum Gasteiger partial charge on any atom is -0.351 e. The van der Waals surface area contributed by atoms with Crippen LogP contribution in [-0.2, 0) is 0 Å². The van der Waals surface area contributed by atoms with Gasteiger partial charge in [-0.3, -0.25) is 4.79 Å². The maximum absolute atomic E-state index is 12.0. The Morgan fingerprint density at radius 3 is 3.22 bits per heavy atom. The number of amides is 1. The van der Waals surface area contributed by atoms with Crippen LogP contribution < -0.4 is 5.32 Å². The Kier molecular flexibility index (Phi) is 4.19. The van der Waals surface area contributed by atoms with Crippen LogP contribution in [0, 0.1) is 0 Å². The van der Waals surface area contributed by atoms with Gasteiger partial charge in [-0.05, 0) is 35.2 Å². The molecule has 2 heterocycles. The van der Waals surface area contributed by atoms with E-state index in [-0.39, 0.29) is 5.91 Å². The van der Waals surface area contributed by atoms with Gasteiger partial charge in [-0.2, -0.15) is 4.68 Å². The average Bonchev–Trinajstić information content (AvgIpc) is 3.02. The Hall–Kier alpha value is -2.02. The monoisotopic (exact) mass is 263 g/mol. The van der Waals surface area contributed by atoms with E-state index in [0.717, 1.165) is 6.42 Å². The van der Waals surface area contributed by atoms with E-state index in [1.54, 1.807) is 0 Å². The Morgan fingerprint density at radius 2 is 2.50 bits per heavy atom. The van der Waals surface area contributed by atoms with Crippen LogP contribution in [0.4, 0.5) is 0 Å². The van der Waals surface area contributed by atoms with Crippen molar-refractivity contribution in [2.24, 2.45) is 0 Å². The summed E-state index contributed by atoms with van der Waals surface area (Å²) in [4.78, 5) is 12.6. The zero-order valence-corrected chi connectivity index (χ0v) is 10.7. The van der Waals surface area contributed by atoms with Gasteiger partial charge in [-0.15, -0.1) is 16.4 Å². The molecule has 0 spiro atoms. The SMILES string of the molecule is C/C=C/CCNC(=O)c1sccc1-n1cnnn1. The normalized spacial score (nSPS) is 10.9. The molecule has 0 aliphatic rings. The van der Waals surface area contributed by atoms with Crippen molar-refractivity contribution in [3.8, 4) is 5.69 Å². The molecule has 0 aliphatic carbocycles. The Bertz CT molecular complexity index is 531. The largest absolute Gasteiger partial charge is 0.351 e. The molecule has 0 bridgehead atoms. The first-order valence-electron chi connectivity index (χ1n) is 5.53. The number of rotatable bonds is 5. The molecule has 7 heteroatoms. The summed E-state index contributed by atoms with van der Waals surface area (Å²) in [6.07, 6.45) is 6.27. The second-order valence-corrected chi connectivity index (χ2v) is 4.42. The molecule has 0 radical (unpaired) electrons. The predicted molar refractivity (Wildman–Crippen MR) is 68.8 cm³/mol. The number of nitrogens with zero attached hydrogens (tertiary/aromatic N) is 4. The van der Waals surface area contributed by atoms with Crippen LogP contribution in [0.5, 0.6) is 0 Å². The number of hydrogen-bond acceptors (Lipinski definition) is 5. The molecule has 0 aromatic carbocycles. The standard InChI is InChI=1S/C11H13N5OS/c1-2-3-4-6-12-11(17)10-9(5-7-18-10)16-8-13-14-15-16/h2-3,5,7-8H,4,6H2,1H3,(H,12,17)/b3-2+. The van der Waals surface area contributed by atoms with E-state index in [9.17, 15) is 4.79 Å². The van der Waals surface area contributed by atoms with Gasteiger partial charge in [0.05, 0.1) is 5.69 Å². The molecule has 0 unspecified atom stereocenters. The second-order valence-electron chi connectivity index (χ2n) is 3.50. The maximum atomic E-state index is 12.0. The topological polar surface area (TPSA) is 72.7 Å². The molecule has 2 aromatic heterocycles. The van der Waals surface area contributed by atoms with E-state index in [1.165, 1.54) is 22.3 Å². The number of carbonyl (C=O) groups excluding carboxylic acids is 1. The fourth-order valence-corrected chi connectivity index (χ4v) is 2.24. The molecule has 94 valence electrons. The van der Waals surface area contributed by atoms with Gasteiger partial charge < -0.3 is 5.32 Å². The van der Waals surface area contributed by atoms with Crippen molar-refractivity contribution in [1.29, 1.82) is 0 Å². The molecule has 1 N–H and O–H groups in total. The summed E-state index contributed by atoms with van der Waals surface area (Å²) < 4.78 is 1.48. The predicted octanol–water partition coefficient (Wildman–Crippen LogP) is 1.42. The van der Waals surface area contributed by atoms with Gasteiger partial charge in [-0.1, -0.05) is 12.2 Å². The number of hydrogen-bond donors (Lipinski definition) is 1. The van der Waals surface area contributed by atoms with Crippen LogP contribution in [0.3, 0.4) is 0 Å². The molecule has 6 nitrogen and oxygen atoms in total. The Morgan fingerprint density at radius 1 is 1.61 bits per heavy atom. The lowest BCUT2D eigenvalue weighted by atomic mass is 10.3. The third kappa shape index (κ3) is 2.80. The van der Waals surface area contributed by atoms with Gasteiger partial charge in [-0.25, -0.2) is 0 Å². The molecule has 0 saturated carbocycles. The number of nitrogens with one attached hydrogen (secondary N) is 1. The molecule has 0 saturated heterocycles. The molecule has 2 rings (SSSR count). The van der Waals surface area contributed by atoms with Gasteiger partial charge in [0.1, 0.15) is 11.2 Å². The molecule has 0 aliphatic heterocycles. The van der Waals surface area contributed by atoms with E-state index >= 15 is 0 Å². The quantitative estimate of drug-likeness (QED) is 0.654. The first-order valence-corrected chi connectivity index (χ1v) is 6.41. The summed E-state index contributed by atoms with van der Waals surface area (Å²) in [5, 5.41) is 15.6. The zero-order valence-electron chi connectivity index (χ0n) is 9.91. The van der Waals surface area contributed by atoms with E-state index in [2.05, 4.69) is 20.8 Å². The van der Waals surface area contributed by atoms with Crippen molar-refractivity contribution >= 4 is 17.2 Å². The second kappa shape index (κ2) is 6.06. The van der Waals surface area contributed by atoms with E-state index < -0.39 is 0 Å². The van der Waals surface area contributed by atoms with Gasteiger partial charge in [0.15, 0.2) is 0 Å². The van der Waals surface area contributed by atoms with E-state index in [0.29, 0.717) is 17.1 Å². The van der Waals surface area contributed by atoms with Crippen molar-refractivity contribution in [1.82, 2.24) is 25.5 Å². The van der Waals surface area contributed by atoms with Gasteiger partial charge in [0, 0.05) is 6.54 Å². The van der Waals surface area contributed by atoms with Crippen molar-refractivity contribution in [3.63, 3.8) is 0 Å². The smallest absolute Gasteiger partial charge is 0.263 e. The third-order valence-corrected chi connectivity index (χ3v) is 3.18. The Balaban J connectivity index is 2.05. The fraction of sp³-hybridized carbons (Fsp3) is 0.273. The van der Waals surface area contributed by atoms with Crippen molar-refractivity contribution < 1.29 is 4.79 Å². The van der Waals surface area contributed by atoms with Crippen LogP contribution in [-0.4, -0.2) is 32.7 Å².